The molecule has 0 aromatic carbocycles. The summed E-state index contributed by atoms with van der Waals surface area (Å²) in [6, 6.07) is 3.41. The summed E-state index contributed by atoms with van der Waals surface area (Å²) < 4.78 is 5.29. The molecule has 0 bridgehead atoms. The normalized spacial score (nSPS) is 12.8. The van der Waals surface area contributed by atoms with E-state index in [0.717, 1.165) is 12.8 Å². The van der Waals surface area contributed by atoms with Crippen LogP contribution in [0.15, 0.2) is 24.5 Å². The molecule has 1 rings (SSSR count). The molecule has 5 nitrogen and oxygen atoms in total. The summed E-state index contributed by atoms with van der Waals surface area (Å²) in [5.74, 6) is 0. The lowest BCUT2D eigenvalue weighted by Gasteiger charge is -2.25. The molecule has 0 aliphatic carbocycles. The Bertz CT molecular complexity index is 393. The largest absolute Gasteiger partial charge is 0.444 e. The fourth-order valence-corrected chi connectivity index (χ4v) is 1.82. The maximum Gasteiger partial charge on any atom is 0.407 e. The molecule has 0 aliphatic heterocycles. The Morgan fingerprint density at radius 2 is 2.11 bits per heavy atom. The third-order valence-corrected chi connectivity index (χ3v) is 2.75. The minimum atomic E-state index is -0.759. The lowest BCUT2D eigenvalue weighted by atomic mass is 10.0. The van der Waals surface area contributed by atoms with E-state index >= 15 is 0 Å². The number of aliphatic hydroxyl groups excluding tert-OH is 1. The Balaban J connectivity index is 2.38. The molecule has 0 fully saturated rings. The van der Waals surface area contributed by atoms with Crippen LogP contribution in [-0.4, -0.2) is 28.3 Å². The smallest absolute Gasteiger partial charge is 0.407 e. The van der Waals surface area contributed by atoms with Crippen molar-refractivity contribution in [1.82, 2.24) is 10.3 Å². The highest BCUT2D eigenvalue weighted by Gasteiger charge is 2.22. The second-order valence-corrected chi connectivity index (χ2v) is 5.08. The standard InChI is InChI=1S/C14H22N2O3/c1-4-7-14(2,3)19-13(18)16-10-12(17)11-5-8-15-9-6-11/h5-6,8-9,12,17H,4,7,10H2,1-3H3,(H,16,18). The predicted octanol–water partition coefficient (Wildman–Crippen LogP) is 2.42. The maximum atomic E-state index is 11.6. The van der Waals surface area contributed by atoms with Crippen LogP contribution in [0.3, 0.4) is 0 Å². The van der Waals surface area contributed by atoms with Crippen LogP contribution in [0, 0.1) is 0 Å². The van der Waals surface area contributed by atoms with Gasteiger partial charge in [-0.3, -0.25) is 4.98 Å². The molecule has 19 heavy (non-hydrogen) atoms. The predicted molar refractivity (Wildman–Crippen MR) is 72.7 cm³/mol. The molecule has 0 saturated carbocycles. The highest BCUT2D eigenvalue weighted by Crippen LogP contribution is 2.16. The second-order valence-electron chi connectivity index (χ2n) is 5.08. The first kappa shape index (κ1) is 15.4. The number of carbonyl (C=O) groups is 1. The zero-order valence-electron chi connectivity index (χ0n) is 11.7. The van der Waals surface area contributed by atoms with Gasteiger partial charge >= 0.3 is 6.09 Å². The zero-order chi connectivity index (χ0) is 14.3. The SMILES string of the molecule is CCCC(C)(C)OC(=O)NCC(O)c1ccncc1. The summed E-state index contributed by atoms with van der Waals surface area (Å²) in [7, 11) is 0. The maximum absolute atomic E-state index is 11.6. The van der Waals surface area contributed by atoms with Crippen LogP contribution in [-0.2, 0) is 4.74 Å². The highest BCUT2D eigenvalue weighted by atomic mass is 16.6. The summed E-state index contributed by atoms with van der Waals surface area (Å²) in [5.41, 5.74) is 0.226. The first-order chi connectivity index (χ1) is 8.94. The fraction of sp³-hybridized carbons (Fsp3) is 0.571. The Hall–Kier alpha value is -1.62. The molecule has 1 unspecified atom stereocenters. The molecule has 2 N–H and O–H groups in total. The number of rotatable bonds is 6. The number of nitrogens with zero attached hydrogens (tertiary/aromatic N) is 1. The number of pyridine rings is 1. The summed E-state index contributed by atoms with van der Waals surface area (Å²) in [6.07, 6.45) is 3.67. The number of amides is 1. The quantitative estimate of drug-likeness (QED) is 0.829. The zero-order valence-corrected chi connectivity index (χ0v) is 11.7. The molecule has 1 amide bonds. The summed E-state index contributed by atoms with van der Waals surface area (Å²) in [6.45, 7) is 5.89. The van der Waals surface area contributed by atoms with Crippen molar-refractivity contribution in [2.75, 3.05) is 6.54 Å². The minimum absolute atomic E-state index is 0.116. The molecule has 1 aromatic heterocycles. The van der Waals surface area contributed by atoms with E-state index in [-0.39, 0.29) is 6.54 Å². The van der Waals surface area contributed by atoms with Crippen molar-refractivity contribution in [3.8, 4) is 0 Å². The third-order valence-electron chi connectivity index (χ3n) is 2.75. The van der Waals surface area contributed by atoms with Gasteiger partial charge in [0.1, 0.15) is 5.60 Å². The first-order valence-electron chi connectivity index (χ1n) is 6.49. The summed E-state index contributed by atoms with van der Waals surface area (Å²) in [4.78, 5) is 15.5. The highest BCUT2D eigenvalue weighted by molar-refractivity contribution is 5.67. The number of aromatic nitrogens is 1. The van der Waals surface area contributed by atoms with Gasteiger partial charge in [0.2, 0.25) is 0 Å². The van der Waals surface area contributed by atoms with Crippen LogP contribution in [0.2, 0.25) is 0 Å². The van der Waals surface area contributed by atoms with Crippen molar-refractivity contribution in [1.29, 1.82) is 0 Å². The van der Waals surface area contributed by atoms with Crippen LogP contribution < -0.4 is 5.32 Å². The lowest BCUT2D eigenvalue weighted by molar-refractivity contribution is 0.0297. The van der Waals surface area contributed by atoms with Crippen LogP contribution in [0.5, 0.6) is 0 Å². The van der Waals surface area contributed by atoms with Gasteiger partial charge in [-0.15, -0.1) is 0 Å². The first-order valence-corrected chi connectivity index (χ1v) is 6.49. The molecular formula is C14H22N2O3. The molecule has 1 atom stereocenters. The van der Waals surface area contributed by atoms with E-state index in [1.807, 2.05) is 20.8 Å². The number of hydrogen-bond acceptors (Lipinski definition) is 4. The van der Waals surface area contributed by atoms with Gasteiger partial charge in [0.25, 0.3) is 0 Å². The molecule has 106 valence electrons. The van der Waals surface area contributed by atoms with Gasteiger partial charge in [-0.25, -0.2) is 4.79 Å². The number of alkyl carbamates (subject to hydrolysis) is 1. The number of hydrogen-bond donors (Lipinski definition) is 2. The van der Waals surface area contributed by atoms with Crippen LogP contribution in [0.1, 0.15) is 45.3 Å². The van der Waals surface area contributed by atoms with Gasteiger partial charge in [0.05, 0.1) is 12.6 Å². The van der Waals surface area contributed by atoms with Gasteiger partial charge in [0, 0.05) is 12.4 Å². The van der Waals surface area contributed by atoms with Gasteiger partial charge < -0.3 is 15.2 Å². The average molecular weight is 266 g/mol. The Morgan fingerprint density at radius 3 is 2.68 bits per heavy atom. The monoisotopic (exact) mass is 266 g/mol. The Morgan fingerprint density at radius 1 is 1.47 bits per heavy atom. The topological polar surface area (TPSA) is 71.5 Å². The van der Waals surface area contributed by atoms with Gasteiger partial charge in [0.15, 0.2) is 0 Å². The van der Waals surface area contributed by atoms with E-state index in [1.165, 1.54) is 0 Å². The van der Waals surface area contributed by atoms with E-state index in [9.17, 15) is 9.90 Å². The van der Waals surface area contributed by atoms with E-state index in [1.54, 1.807) is 24.5 Å². The van der Waals surface area contributed by atoms with Crippen LogP contribution in [0.4, 0.5) is 4.79 Å². The van der Waals surface area contributed by atoms with E-state index in [2.05, 4.69) is 10.3 Å². The van der Waals surface area contributed by atoms with E-state index in [4.69, 9.17) is 4.74 Å². The molecule has 1 heterocycles. The van der Waals surface area contributed by atoms with Crippen molar-refractivity contribution in [2.45, 2.75) is 45.3 Å². The van der Waals surface area contributed by atoms with Crippen LogP contribution >= 0.6 is 0 Å². The van der Waals surface area contributed by atoms with Crippen molar-refractivity contribution in [3.05, 3.63) is 30.1 Å². The minimum Gasteiger partial charge on any atom is -0.444 e. The second kappa shape index (κ2) is 7.09. The molecule has 0 aliphatic rings. The summed E-state index contributed by atoms with van der Waals surface area (Å²) >= 11 is 0. The molecule has 5 heteroatoms. The van der Waals surface area contributed by atoms with Gasteiger partial charge in [-0.2, -0.15) is 0 Å². The molecule has 1 aromatic rings. The van der Waals surface area contributed by atoms with E-state index < -0.39 is 17.8 Å². The van der Waals surface area contributed by atoms with Crippen molar-refractivity contribution in [2.24, 2.45) is 0 Å². The number of ether oxygens (including phenoxy) is 1. The van der Waals surface area contributed by atoms with E-state index in [0.29, 0.717) is 5.56 Å². The average Bonchev–Trinajstić information content (AvgIpc) is 2.36. The van der Waals surface area contributed by atoms with Crippen molar-refractivity contribution >= 4 is 6.09 Å². The Labute approximate surface area is 114 Å². The third kappa shape index (κ3) is 5.70. The lowest BCUT2D eigenvalue weighted by Crippen LogP contribution is -2.36. The number of carbonyl (C=O) groups excluding carboxylic acids is 1. The number of nitrogens with one attached hydrogen (secondary N) is 1. The fourth-order valence-electron chi connectivity index (χ4n) is 1.82. The summed E-state index contributed by atoms with van der Waals surface area (Å²) in [5, 5.41) is 12.4. The van der Waals surface area contributed by atoms with Crippen LogP contribution in [0.25, 0.3) is 0 Å². The molecular weight excluding hydrogens is 244 g/mol. The number of aliphatic hydroxyl groups is 1. The van der Waals surface area contributed by atoms with Crippen molar-refractivity contribution in [3.63, 3.8) is 0 Å². The van der Waals surface area contributed by atoms with Gasteiger partial charge in [-0.1, -0.05) is 13.3 Å². The molecule has 0 saturated heterocycles. The van der Waals surface area contributed by atoms with Crippen molar-refractivity contribution < 1.29 is 14.6 Å². The molecule has 0 spiro atoms. The van der Waals surface area contributed by atoms with Gasteiger partial charge in [-0.05, 0) is 38.0 Å². The Kier molecular flexibility index (Phi) is 5.76. The molecule has 0 radical (unpaired) electrons.